The maximum atomic E-state index is 11.3. The largest absolute Gasteiger partial charge is 0.354 e. The van der Waals surface area contributed by atoms with E-state index in [-0.39, 0.29) is 10.7 Å². The van der Waals surface area contributed by atoms with E-state index in [9.17, 15) is 4.79 Å². The fourth-order valence-corrected chi connectivity index (χ4v) is 1.46. The lowest BCUT2D eigenvalue weighted by Gasteiger charge is -2.26. The maximum Gasteiger partial charge on any atom is 0.233 e. The number of hydrogen-bond donors (Lipinski definition) is 1. The number of alkyl halides is 1. The molecule has 0 bridgehead atoms. The number of carbonyl (C=O) groups excluding carboxylic acids is 1. The van der Waals surface area contributed by atoms with Crippen LogP contribution in [0.2, 0.25) is 0 Å². The van der Waals surface area contributed by atoms with Gasteiger partial charge in [0.05, 0.1) is 4.83 Å². The molecule has 0 rings (SSSR count). The van der Waals surface area contributed by atoms with Gasteiger partial charge in [-0.25, -0.2) is 0 Å². The predicted octanol–water partition coefficient (Wildman–Crippen LogP) is 1.86. The maximum absolute atomic E-state index is 11.3. The van der Waals surface area contributed by atoms with Crippen LogP contribution in [-0.2, 0) is 4.79 Å². The van der Waals surface area contributed by atoms with E-state index in [2.05, 4.69) is 54.0 Å². The molecule has 1 amide bonds. The first-order chi connectivity index (χ1) is 6.84. The Morgan fingerprint density at radius 2 is 1.87 bits per heavy atom. The SMILES string of the molecule is CC(C)CN(C)C(C)CNC(=O)C(C)Br. The fraction of sp³-hybridized carbons (Fsp3) is 0.909. The van der Waals surface area contributed by atoms with Crippen LogP contribution in [0.15, 0.2) is 0 Å². The first-order valence-corrected chi connectivity index (χ1v) is 6.38. The van der Waals surface area contributed by atoms with Crippen molar-refractivity contribution in [1.29, 1.82) is 0 Å². The summed E-state index contributed by atoms with van der Waals surface area (Å²) in [5, 5.41) is 2.91. The van der Waals surface area contributed by atoms with E-state index < -0.39 is 0 Å². The zero-order valence-electron chi connectivity index (χ0n) is 10.4. The Balaban J connectivity index is 3.82. The van der Waals surface area contributed by atoms with Crippen LogP contribution in [0.25, 0.3) is 0 Å². The molecule has 0 radical (unpaired) electrons. The average Bonchev–Trinajstić information content (AvgIpc) is 2.12. The molecule has 0 saturated carbocycles. The van der Waals surface area contributed by atoms with Gasteiger partial charge in [-0.2, -0.15) is 0 Å². The van der Waals surface area contributed by atoms with Crippen molar-refractivity contribution in [3.8, 4) is 0 Å². The van der Waals surface area contributed by atoms with Crippen molar-refractivity contribution in [2.75, 3.05) is 20.1 Å². The molecule has 15 heavy (non-hydrogen) atoms. The van der Waals surface area contributed by atoms with Crippen molar-refractivity contribution >= 4 is 21.8 Å². The minimum absolute atomic E-state index is 0.0554. The molecule has 0 heterocycles. The summed E-state index contributed by atoms with van der Waals surface area (Å²) in [6, 6.07) is 0.377. The second kappa shape index (κ2) is 7.23. The molecule has 90 valence electrons. The zero-order valence-corrected chi connectivity index (χ0v) is 12.0. The van der Waals surface area contributed by atoms with Gasteiger partial charge in [0.2, 0.25) is 5.91 Å². The molecule has 0 aromatic heterocycles. The number of rotatable bonds is 6. The molecule has 0 spiro atoms. The zero-order chi connectivity index (χ0) is 12.0. The molecule has 2 unspecified atom stereocenters. The number of amides is 1. The van der Waals surface area contributed by atoms with Gasteiger partial charge in [0.1, 0.15) is 0 Å². The third-order valence-electron chi connectivity index (χ3n) is 2.34. The molecule has 0 aromatic carbocycles. The summed E-state index contributed by atoms with van der Waals surface area (Å²) < 4.78 is 0. The quantitative estimate of drug-likeness (QED) is 0.753. The predicted molar refractivity (Wildman–Crippen MR) is 68.3 cm³/mol. The van der Waals surface area contributed by atoms with Crippen molar-refractivity contribution in [1.82, 2.24) is 10.2 Å². The highest BCUT2D eigenvalue weighted by molar-refractivity contribution is 9.10. The molecule has 0 aliphatic carbocycles. The lowest BCUT2D eigenvalue weighted by atomic mass is 10.2. The minimum atomic E-state index is -0.111. The normalized spacial score (nSPS) is 15.5. The lowest BCUT2D eigenvalue weighted by molar-refractivity contribution is -0.120. The van der Waals surface area contributed by atoms with Crippen LogP contribution in [0.5, 0.6) is 0 Å². The van der Waals surface area contributed by atoms with E-state index in [1.807, 2.05) is 6.92 Å². The van der Waals surface area contributed by atoms with Crippen molar-refractivity contribution < 1.29 is 4.79 Å². The van der Waals surface area contributed by atoms with Crippen LogP contribution in [-0.4, -0.2) is 41.8 Å². The summed E-state index contributed by atoms with van der Waals surface area (Å²) in [5.41, 5.74) is 0. The fourth-order valence-electron chi connectivity index (χ4n) is 1.30. The molecule has 0 aliphatic heterocycles. The third-order valence-corrected chi connectivity index (χ3v) is 2.75. The van der Waals surface area contributed by atoms with E-state index >= 15 is 0 Å². The van der Waals surface area contributed by atoms with Gasteiger partial charge in [0.25, 0.3) is 0 Å². The Morgan fingerprint density at radius 1 is 1.33 bits per heavy atom. The van der Waals surface area contributed by atoms with E-state index in [1.54, 1.807) is 0 Å². The van der Waals surface area contributed by atoms with Crippen LogP contribution in [0.1, 0.15) is 27.7 Å². The molecular weight excluding hydrogens is 256 g/mol. The van der Waals surface area contributed by atoms with Crippen LogP contribution in [0.3, 0.4) is 0 Å². The van der Waals surface area contributed by atoms with Crippen LogP contribution in [0.4, 0.5) is 0 Å². The number of carbonyl (C=O) groups is 1. The number of nitrogens with zero attached hydrogens (tertiary/aromatic N) is 1. The molecule has 0 aromatic rings. The Morgan fingerprint density at radius 3 is 2.27 bits per heavy atom. The summed E-state index contributed by atoms with van der Waals surface area (Å²) in [6.07, 6.45) is 0. The van der Waals surface area contributed by atoms with Gasteiger partial charge in [-0.15, -0.1) is 0 Å². The Kier molecular flexibility index (Phi) is 7.18. The Bertz CT molecular complexity index is 195. The van der Waals surface area contributed by atoms with Crippen molar-refractivity contribution in [3.05, 3.63) is 0 Å². The van der Waals surface area contributed by atoms with Crippen molar-refractivity contribution in [3.63, 3.8) is 0 Å². The molecule has 0 fully saturated rings. The molecule has 4 heteroatoms. The van der Waals surface area contributed by atoms with Crippen LogP contribution in [0, 0.1) is 5.92 Å². The molecule has 2 atom stereocenters. The average molecular weight is 279 g/mol. The summed E-state index contributed by atoms with van der Waals surface area (Å²) >= 11 is 3.24. The topological polar surface area (TPSA) is 32.3 Å². The number of halogens is 1. The van der Waals surface area contributed by atoms with E-state index in [0.717, 1.165) is 6.54 Å². The van der Waals surface area contributed by atoms with Gasteiger partial charge in [-0.3, -0.25) is 4.79 Å². The Labute approximate surface area is 102 Å². The van der Waals surface area contributed by atoms with Gasteiger partial charge in [-0.1, -0.05) is 29.8 Å². The second-order valence-electron chi connectivity index (χ2n) is 4.54. The van der Waals surface area contributed by atoms with Gasteiger partial charge < -0.3 is 10.2 Å². The molecule has 0 aliphatic rings. The smallest absolute Gasteiger partial charge is 0.233 e. The van der Waals surface area contributed by atoms with Gasteiger partial charge in [0, 0.05) is 19.1 Å². The standard InChI is InChI=1S/C11H23BrN2O/c1-8(2)7-14(5)9(3)6-13-11(15)10(4)12/h8-10H,6-7H2,1-5H3,(H,13,15). The third kappa shape index (κ3) is 6.90. The highest BCUT2D eigenvalue weighted by atomic mass is 79.9. The molecule has 0 saturated heterocycles. The molecule has 3 nitrogen and oxygen atoms in total. The van der Waals surface area contributed by atoms with Gasteiger partial charge in [-0.05, 0) is 26.8 Å². The van der Waals surface area contributed by atoms with Crippen LogP contribution < -0.4 is 5.32 Å². The summed E-state index contributed by atoms with van der Waals surface area (Å²) in [6.45, 7) is 10.1. The number of nitrogens with one attached hydrogen (secondary N) is 1. The Hall–Kier alpha value is -0.0900. The van der Waals surface area contributed by atoms with Crippen molar-refractivity contribution in [2.24, 2.45) is 5.92 Å². The highest BCUT2D eigenvalue weighted by Crippen LogP contribution is 2.01. The number of likely N-dealkylation sites (N-methyl/N-ethyl adjacent to an activating group) is 1. The first-order valence-electron chi connectivity index (χ1n) is 5.46. The second-order valence-corrected chi connectivity index (χ2v) is 5.92. The van der Waals surface area contributed by atoms with Gasteiger partial charge >= 0.3 is 0 Å². The van der Waals surface area contributed by atoms with Crippen LogP contribution >= 0.6 is 15.9 Å². The summed E-state index contributed by atoms with van der Waals surface area (Å²) in [7, 11) is 2.09. The monoisotopic (exact) mass is 278 g/mol. The molecule has 1 N–H and O–H groups in total. The minimum Gasteiger partial charge on any atom is -0.354 e. The van der Waals surface area contributed by atoms with Crippen molar-refractivity contribution in [2.45, 2.75) is 38.6 Å². The highest BCUT2D eigenvalue weighted by Gasteiger charge is 2.13. The first kappa shape index (κ1) is 14.9. The van der Waals surface area contributed by atoms with E-state index in [1.165, 1.54) is 0 Å². The number of hydrogen-bond acceptors (Lipinski definition) is 2. The summed E-state index contributed by atoms with van der Waals surface area (Å²) in [4.78, 5) is 13.5. The van der Waals surface area contributed by atoms with Gasteiger partial charge in [0.15, 0.2) is 0 Å². The lowest BCUT2D eigenvalue weighted by Crippen LogP contribution is -2.43. The van der Waals surface area contributed by atoms with E-state index in [4.69, 9.17) is 0 Å². The molecular formula is C11H23BrN2O. The van der Waals surface area contributed by atoms with E-state index in [0.29, 0.717) is 18.5 Å². The summed E-state index contributed by atoms with van der Waals surface area (Å²) in [5.74, 6) is 0.711.